The van der Waals surface area contributed by atoms with E-state index in [0.717, 1.165) is 16.8 Å². The summed E-state index contributed by atoms with van der Waals surface area (Å²) < 4.78 is 31.7. The van der Waals surface area contributed by atoms with Crippen molar-refractivity contribution >= 4 is 44.5 Å². The maximum Gasteiger partial charge on any atom is 0.324 e. The van der Waals surface area contributed by atoms with E-state index in [9.17, 15) is 8.42 Å². The van der Waals surface area contributed by atoms with Crippen LogP contribution in [0.2, 0.25) is 5.02 Å². The van der Waals surface area contributed by atoms with Crippen LogP contribution in [0.3, 0.4) is 0 Å². The molecule has 0 radical (unpaired) electrons. The highest BCUT2D eigenvalue weighted by Crippen LogP contribution is 2.31. The number of hydrazone groups is 1. The second-order valence-corrected chi connectivity index (χ2v) is 10.7. The van der Waals surface area contributed by atoms with Crippen LogP contribution < -0.4 is 0 Å². The number of likely N-dealkylation sites (N-methyl/N-ethyl adjacent to an activating group) is 2. The molecule has 10 heteroatoms. The molecule has 0 spiro atoms. The Kier molecular flexibility index (Phi) is 8.95. The summed E-state index contributed by atoms with van der Waals surface area (Å²) in [6.07, 6.45) is 1.82. The van der Waals surface area contributed by atoms with Gasteiger partial charge in [-0.25, -0.2) is 5.01 Å². The summed E-state index contributed by atoms with van der Waals surface area (Å²) in [5, 5.41) is 7.53. The normalized spacial score (nSPS) is 17.2. The number of hydrogen-bond donors (Lipinski definition) is 0. The average Bonchev–Trinajstić information content (AvgIpc) is 3.24. The van der Waals surface area contributed by atoms with Crippen LogP contribution in [0.1, 0.15) is 24.0 Å². The fourth-order valence-electron chi connectivity index (χ4n) is 3.54. The molecule has 2 aromatic carbocycles. The van der Waals surface area contributed by atoms with Crippen LogP contribution in [-0.2, 0) is 10.2 Å². The van der Waals surface area contributed by atoms with E-state index in [-0.39, 0.29) is 5.92 Å². The van der Waals surface area contributed by atoms with Gasteiger partial charge in [0.15, 0.2) is 5.17 Å². The third-order valence-corrected chi connectivity index (χ3v) is 7.86. The molecule has 1 unspecified atom stereocenters. The van der Waals surface area contributed by atoms with Crippen molar-refractivity contribution in [3.63, 3.8) is 0 Å². The number of halogens is 1. The van der Waals surface area contributed by atoms with Crippen molar-refractivity contribution in [2.45, 2.75) is 12.8 Å². The van der Waals surface area contributed by atoms with Gasteiger partial charge in [-0.05, 0) is 43.6 Å². The van der Waals surface area contributed by atoms with E-state index >= 15 is 0 Å². The highest BCUT2D eigenvalue weighted by Gasteiger charge is 2.32. The molecule has 0 saturated heterocycles. The molecule has 0 aromatic heterocycles. The fraction of sp³-hybridized carbons (Fsp3) is 0.391. The predicted molar refractivity (Wildman–Crippen MR) is 140 cm³/mol. The molecule has 33 heavy (non-hydrogen) atoms. The molecule has 1 heterocycles. The Morgan fingerprint density at radius 3 is 2.39 bits per heavy atom. The minimum absolute atomic E-state index is 0.0246. The van der Waals surface area contributed by atoms with E-state index in [1.807, 2.05) is 74.6 Å². The van der Waals surface area contributed by atoms with Gasteiger partial charge in [0.1, 0.15) is 0 Å². The minimum Gasteiger partial charge on any atom is -0.308 e. The summed E-state index contributed by atoms with van der Waals surface area (Å²) in [5.41, 5.74) is 2.91. The number of thioether (sulfide) groups is 1. The van der Waals surface area contributed by atoms with Gasteiger partial charge in [-0.15, -0.1) is 4.40 Å². The largest absolute Gasteiger partial charge is 0.324 e. The lowest BCUT2D eigenvalue weighted by atomic mass is 9.91. The van der Waals surface area contributed by atoms with Crippen molar-refractivity contribution in [1.29, 1.82) is 0 Å². The third kappa shape index (κ3) is 6.58. The Hall–Kier alpha value is -1.91. The van der Waals surface area contributed by atoms with Gasteiger partial charge >= 0.3 is 10.2 Å². The highest BCUT2D eigenvalue weighted by molar-refractivity contribution is 8.13. The molecule has 2 aromatic rings. The van der Waals surface area contributed by atoms with E-state index in [1.165, 1.54) is 16.1 Å². The predicted octanol–water partition coefficient (Wildman–Crippen LogP) is 3.99. The fourth-order valence-corrected chi connectivity index (χ4v) is 5.62. The average molecular weight is 508 g/mol. The molecule has 0 aliphatic carbocycles. The van der Waals surface area contributed by atoms with Crippen LogP contribution in [0.15, 0.2) is 64.1 Å². The van der Waals surface area contributed by atoms with E-state index in [1.54, 1.807) is 5.01 Å². The summed E-state index contributed by atoms with van der Waals surface area (Å²) in [7, 11) is -0.0119. The zero-order valence-corrected chi connectivity index (χ0v) is 21.7. The lowest BCUT2D eigenvalue weighted by Crippen LogP contribution is -2.36. The van der Waals surface area contributed by atoms with Gasteiger partial charge in [-0.3, -0.25) is 0 Å². The summed E-state index contributed by atoms with van der Waals surface area (Å²) in [6.45, 7) is 3.67. The lowest BCUT2D eigenvalue weighted by Gasteiger charge is -2.21. The number of amidine groups is 1. The first kappa shape index (κ1) is 25.7. The zero-order valence-electron chi connectivity index (χ0n) is 19.3. The van der Waals surface area contributed by atoms with Crippen molar-refractivity contribution in [3.8, 4) is 0 Å². The Morgan fingerprint density at radius 1 is 1.15 bits per heavy atom. The maximum absolute atomic E-state index is 13.1. The maximum atomic E-state index is 13.1. The first-order valence-electron chi connectivity index (χ1n) is 10.7. The van der Waals surface area contributed by atoms with Crippen LogP contribution in [0.25, 0.3) is 0 Å². The first-order chi connectivity index (χ1) is 15.7. The smallest absolute Gasteiger partial charge is 0.308 e. The molecule has 0 saturated carbocycles. The summed E-state index contributed by atoms with van der Waals surface area (Å²) in [4.78, 5) is 1.95. The van der Waals surface area contributed by atoms with Crippen molar-refractivity contribution in [3.05, 3.63) is 70.7 Å². The minimum atomic E-state index is -3.84. The first-order valence-corrected chi connectivity index (χ1v) is 13.7. The number of nitrogens with zero attached hydrogens (tertiary/aromatic N) is 5. The van der Waals surface area contributed by atoms with Crippen LogP contribution >= 0.6 is 23.4 Å². The highest BCUT2D eigenvalue weighted by atomic mass is 35.5. The topological polar surface area (TPSA) is 68.6 Å². The SMILES string of the molecule is CCN(CCN(C)C)S(=O)(=O)N=C(SC)N1CC(c2ccccc2)C(c2ccc(Cl)cc2)=N1. The molecule has 0 fully saturated rings. The standard InChI is InChI=1S/C23H30ClN5O2S2/c1-5-28(16-15-27(2)3)33(30,31)26-23(32-4)29-17-21(18-9-7-6-8-10-18)22(25-29)19-11-13-20(24)14-12-19/h6-14,21H,5,15-17H2,1-4H3. The molecule has 1 aliphatic heterocycles. The Labute approximate surface area is 206 Å². The van der Waals surface area contributed by atoms with Gasteiger partial charge in [-0.1, -0.05) is 72.8 Å². The van der Waals surface area contributed by atoms with Gasteiger partial charge in [0, 0.05) is 30.6 Å². The number of hydrogen-bond acceptors (Lipinski definition) is 5. The number of rotatable bonds is 8. The molecule has 0 amide bonds. The Morgan fingerprint density at radius 2 is 1.82 bits per heavy atom. The molecule has 0 bridgehead atoms. The summed E-state index contributed by atoms with van der Waals surface area (Å²) in [5.74, 6) is -0.0246. The van der Waals surface area contributed by atoms with Gasteiger partial charge in [0.05, 0.1) is 12.3 Å². The van der Waals surface area contributed by atoms with Gasteiger partial charge in [0.25, 0.3) is 0 Å². The number of benzene rings is 2. The molecule has 178 valence electrons. The second-order valence-electron chi connectivity index (χ2n) is 7.89. The zero-order chi connectivity index (χ0) is 24.0. The van der Waals surface area contributed by atoms with Gasteiger partial charge in [0.2, 0.25) is 0 Å². The molecule has 1 aliphatic rings. The quantitative estimate of drug-likeness (QED) is 0.399. The molecular weight excluding hydrogens is 478 g/mol. The van der Waals surface area contributed by atoms with Gasteiger partial charge < -0.3 is 4.90 Å². The molecule has 7 nitrogen and oxygen atoms in total. The van der Waals surface area contributed by atoms with Crippen LogP contribution in [-0.4, -0.2) is 80.0 Å². The monoisotopic (exact) mass is 507 g/mol. The second kappa shape index (κ2) is 11.5. The molecule has 0 N–H and O–H groups in total. The van der Waals surface area contributed by atoms with Gasteiger partial charge in [-0.2, -0.15) is 17.8 Å². The van der Waals surface area contributed by atoms with Crippen molar-refractivity contribution in [2.24, 2.45) is 9.50 Å². The molecular formula is C23H30ClN5O2S2. The van der Waals surface area contributed by atoms with Crippen LogP contribution in [0.4, 0.5) is 0 Å². The molecule has 1 atom stereocenters. The van der Waals surface area contributed by atoms with Crippen LogP contribution in [0.5, 0.6) is 0 Å². The Bertz CT molecular complexity index is 1090. The van der Waals surface area contributed by atoms with Crippen molar-refractivity contribution in [1.82, 2.24) is 14.2 Å². The Balaban J connectivity index is 1.96. The molecule has 3 rings (SSSR count). The van der Waals surface area contributed by atoms with E-state index in [0.29, 0.717) is 36.4 Å². The lowest BCUT2D eigenvalue weighted by molar-refractivity contribution is 0.340. The van der Waals surface area contributed by atoms with E-state index in [2.05, 4.69) is 16.5 Å². The third-order valence-electron chi connectivity index (χ3n) is 5.33. The van der Waals surface area contributed by atoms with Crippen molar-refractivity contribution in [2.75, 3.05) is 46.5 Å². The summed E-state index contributed by atoms with van der Waals surface area (Å²) in [6, 6.07) is 17.6. The van der Waals surface area contributed by atoms with Crippen LogP contribution in [0, 0.1) is 0 Å². The van der Waals surface area contributed by atoms with Crippen molar-refractivity contribution < 1.29 is 8.42 Å². The van der Waals surface area contributed by atoms with E-state index < -0.39 is 10.2 Å². The van der Waals surface area contributed by atoms with E-state index in [4.69, 9.17) is 16.7 Å². The summed E-state index contributed by atoms with van der Waals surface area (Å²) >= 11 is 7.36.